The quantitative estimate of drug-likeness (QED) is 0.900. The van der Waals surface area contributed by atoms with E-state index in [0.717, 1.165) is 12.1 Å². The van der Waals surface area contributed by atoms with Gasteiger partial charge in [0.15, 0.2) is 0 Å². The van der Waals surface area contributed by atoms with Gasteiger partial charge >= 0.3 is 0 Å². The average molecular weight is 277 g/mol. The highest BCUT2D eigenvalue weighted by molar-refractivity contribution is 5.90. The number of amides is 1. The molecule has 0 saturated heterocycles. The molecule has 0 atom stereocenters. The number of nitrogens with zero attached hydrogens (tertiary/aromatic N) is 1. The second-order valence-corrected chi connectivity index (χ2v) is 4.08. The highest BCUT2D eigenvalue weighted by Gasteiger charge is 2.05. The van der Waals surface area contributed by atoms with Crippen LogP contribution in [0.2, 0.25) is 0 Å². The van der Waals surface area contributed by atoms with Crippen molar-refractivity contribution in [3.63, 3.8) is 0 Å². The van der Waals surface area contributed by atoms with Crippen LogP contribution in [0.3, 0.4) is 0 Å². The largest absolute Gasteiger partial charge is 0.338 e. The second kappa shape index (κ2) is 6.10. The Bertz CT molecular complexity index is 614. The SMILES string of the molecule is CCC(=O)Nc1ccc(Nc2ccc(F)cc2F)nc1. The normalized spacial score (nSPS) is 10.2. The fraction of sp³-hybridized carbons (Fsp3) is 0.143. The Kier molecular flexibility index (Phi) is 4.24. The lowest BCUT2D eigenvalue weighted by atomic mass is 10.3. The Morgan fingerprint density at radius 1 is 1.25 bits per heavy atom. The Hall–Kier alpha value is -2.50. The third-order valence-electron chi connectivity index (χ3n) is 2.56. The van der Waals surface area contributed by atoms with Crippen LogP contribution in [0.25, 0.3) is 0 Å². The van der Waals surface area contributed by atoms with Crippen LogP contribution in [0.5, 0.6) is 0 Å². The topological polar surface area (TPSA) is 54.0 Å². The summed E-state index contributed by atoms with van der Waals surface area (Å²) in [6, 6.07) is 6.47. The van der Waals surface area contributed by atoms with Gasteiger partial charge in [0, 0.05) is 12.5 Å². The molecule has 0 radical (unpaired) electrons. The first-order chi connectivity index (χ1) is 9.58. The molecule has 1 amide bonds. The molecule has 1 aromatic heterocycles. The van der Waals surface area contributed by atoms with Crippen molar-refractivity contribution in [2.24, 2.45) is 0 Å². The number of pyridine rings is 1. The number of rotatable bonds is 4. The number of carbonyl (C=O) groups is 1. The fourth-order valence-corrected chi connectivity index (χ4v) is 1.52. The molecule has 0 spiro atoms. The lowest BCUT2D eigenvalue weighted by molar-refractivity contribution is -0.115. The fourth-order valence-electron chi connectivity index (χ4n) is 1.52. The van der Waals surface area contributed by atoms with E-state index in [4.69, 9.17) is 0 Å². The van der Waals surface area contributed by atoms with Crippen molar-refractivity contribution in [3.8, 4) is 0 Å². The first-order valence-corrected chi connectivity index (χ1v) is 6.06. The standard InChI is InChI=1S/C14H13F2N3O/c1-2-14(20)18-10-4-6-13(17-8-10)19-12-5-3-9(15)7-11(12)16/h3-8H,2H2,1H3,(H,17,19)(H,18,20). The predicted octanol–water partition coefficient (Wildman–Crippen LogP) is 3.45. The molecule has 104 valence electrons. The van der Waals surface area contributed by atoms with Crippen LogP contribution in [-0.4, -0.2) is 10.9 Å². The van der Waals surface area contributed by atoms with Gasteiger partial charge in [0.1, 0.15) is 17.5 Å². The van der Waals surface area contributed by atoms with Crippen LogP contribution < -0.4 is 10.6 Å². The van der Waals surface area contributed by atoms with Gasteiger partial charge in [0.2, 0.25) is 5.91 Å². The maximum absolute atomic E-state index is 13.4. The summed E-state index contributed by atoms with van der Waals surface area (Å²) in [6.45, 7) is 1.75. The van der Waals surface area contributed by atoms with E-state index >= 15 is 0 Å². The monoisotopic (exact) mass is 277 g/mol. The van der Waals surface area contributed by atoms with Crippen molar-refractivity contribution < 1.29 is 13.6 Å². The van der Waals surface area contributed by atoms with Gasteiger partial charge in [-0.1, -0.05) is 6.92 Å². The van der Waals surface area contributed by atoms with Crippen molar-refractivity contribution in [1.29, 1.82) is 0 Å². The number of hydrogen-bond donors (Lipinski definition) is 2. The molecule has 1 aromatic carbocycles. The molecule has 2 rings (SSSR count). The lowest BCUT2D eigenvalue weighted by Crippen LogP contribution is -2.09. The molecule has 20 heavy (non-hydrogen) atoms. The summed E-state index contributed by atoms with van der Waals surface area (Å²) in [5.41, 5.74) is 0.686. The molecule has 0 bridgehead atoms. The highest BCUT2D eigenvalue weighted by atomic mass is 19.1. The number of nitrogens with one attached hydrogen (secondary N) is 2. The summed E-state index contributed by atoms with van der Waals surface area (Å²) in [6.07, 6.45) is 1.83. The predicted molar refractivity (Wildman–Crippen MR) is 72.8 cm³/mol. The zero-order valence-corrected chi connectivity index (χ0v) is 10.8. The summed E-state index contributed by atoms with van der Waals surface area (Å²) >= 11 is 0. The molecule has 0 aliphatic heterocycles. The summed E-state index contributed by atoms with van der Waals surface area (Å²) in [5, 5.41) is 5.38. The minimum atomic E-state index is -0.699. The summed E-state index contributed by atoms with van der Waals surface area (Å²) in [7, 11) is 0. The molecular formula is C14H13F2N3O. The number of benzene rings is 1. The van der Waals surface area contributed by atoms with E-state index in [-0.39, 0.29) is 11.6 Å². The summed E-state index contributed by atoms with van der Waals surface area (Å²) in [4.78, 5) is 15.2. The second-order valence-electron chi connectivity index (χ2n) is 4.08. The zero-order valence-electron chi connectivity index (χ0n) is 10.8. The third-order valence-corrected chi connectivity index (χ3v) is 2.56. The zero-order chi connectivity index (χ0) is 14.5. The Morgan fingerprint density at radius 3 is 2.65 bits per heavy atom. The minimum absolute atomic E-state index is 0.114. The number of halogens is 2. The van der Waals surface area contributed by atoms with Crippen molar-refractivity contribution in [1.82, 2.24) is 4.98 Å². The third kappa shape index (κ3) is 3.50. The molecule has 0 fully saturated rings. The van der Waals surface area contributed by atoms with Gasteiger partial charge in [-0.2, -0.15) is 0 Å². The van der Waals surface area contributed by atoms with E-state index in [1.165, 1.54) is 12.3 Å². The van der Waals surface area contributed by atoms with Crippen molar-refractivity contribution in [2.75, 3.05) is 10.6 Å². The molecule has 0 aliphatic rings. The van der Waals surface area contributed by atoms with Crippen molar-refractivity contribution >= 4 is 23.1 Å². The minimum Gasteiger partial charge on any atom is -0.338 e. The maximum atomic E-state index is 13.4. The van der Waals surface area contributed by atoms with Gasteiger partial charge in [-0.15, -0.1) is 0 Å². The molecule has 0 aliphatic carbocycles. The molecule has 2 aromatic rings. The van der Waals surface area contributed by atoms with E-state index < -0.39 is 11.6 Å². The van der Waals surface area contributed by atoms with Gasteiger partial charge in [0.25, 0.3) is 0 Å². The summed E-state index contributed by atoms with van der Waals surface area (Å²) in [5.74, 6) is -1.06. The first kappa shape index (κ1) is 13.9. The van der Waals surface area contributed by atoms with E-state index in [1.807, 2.05) is 0 Å². The van der Waals surface area contributed by atoms with E-state index in [0.29, 0.717) is 17.9 Å². The Morgan fingerprint density at radius 2 is 2.05 bits per heavy atom. The lowest BCUT2D eigenvalue weighted by Gasteiger charge is -2.08. The van der Waals surface area contributed by atoms with Crippen LogP contribution in [0.4, 0.5) is 26.0 Å². The van der Waals surface area contributed by atoms with Crippen LogP contribution in [0, 0.1) is 11.6 Å². The van der Waals surface area contributed by atoms with Crippen molar-refractivity contribution in [2.45, 2.75) is 13.3 Å². The number of aromatic nitrogens is 1. The van der Waals surface area contributed by atoms with Gasteiger partial charge in [0.05, 0.1) is 17.6 Å². The number of anilines is 3. The molecule has 0 unspecified atom stereocenters. The maximum Gasteiger partial charge on any atom is 0.224 e. The smallest absolute Gasteiger partial charge is 0.224 e. The van der Waals surface area contributed by atoms with E-state index in [2.05, 4.69) is 15.6 Å². The van der Waals surface area contributed by atoms with Crippen molar-refractivity contribution in [3.05, 3.63) is 48.2 Å². The molecule has 2 N–H and O–H groups in total. The van der Waals surface area contributed by atoms with Gasteiger partial charge in [-0.3, -0.25) is 4.79 Å². The van der Waals surface area contributed by atoms with Crippen LogP contribution in [0.1, 0.15) is 13.3 Å². The average Bonchev–Trinajstić information content (AvgIpc) is 2.44. The van der Waals surface area contributed by atoms with E-state index in [1.54, 1.807) is 19.1 Å². The molecule has 1 heterocycles. The number of hydrogen-bond acceptors (Lipinski definition) is 3. The van der Waals surface area contributed by atoms with E-state index in [9.17, 15) is 13.6 Å². The van der Waals surface area contributed by atoms with Crippen LogP contribution in [-0.2, 0) is 4.79 Å². The number of carbonyl (C=O) groups excluding carboxylic acids is 1. The van der Waals surface area contributed by atoms with Crippen LogP contribution in [0.15, 0.2) is 36.5 Å². The molecule has 0 saturated carbocycles. The highest BCUT2D eigenvalue weighted by Crippen LogP contribution is 2.20. The Labute approximate surface area is 114 Å². The van der Waals surface area contributed by atoms with Gasteiger partial charge < -0.3 is 10.6 Å². The molecule has 4 nitrogen and oxygen atoms in total. The Balaban J connectivity index is 2.08. The van der Waals surface area contributed by atoms with Crippen LogP contribution >= 0.6 is 0 Å². The van der Waals surface area contributed by atoms with Gasteiger partial charge in [-0.05, 0) is 24.3 Å². The summed E-state index contributed by atoms with van der Waals surface area (Å²) < 4.78 is 26.2. The molecule has 6 heteroatoms. The molecular weight excluding hydrogens is 264 g/mol. The van der Waals surface area contributed by atoms with Gasteiger partial charge in [-0.25, -0.2) is 13.8 Å². The first-order valence-electron chi connectivity index (χ1n) is 6.06.